The summed E-state index contributed by atoms with van der Waals surface area (Å²) in [6.07, 6.45) is 1.78. The number of nitrogens with zero attached hydrogens (tertiary/aromatic N) is 3. The molecule has 4 aromatic rings. The summed E-state index contributed by atoms with van der Waals surface area (Å²) in [5.74, 6) is 0.0699. The molecule has 4 nitrogen and oxygen atoms in total. The third kappa shape index (κ3) is 2.70. The molecule has 0 fully saturated rings. The second kappa shape index (κ2) is 5.81. The quantitative estimate of drug-likeness (QED) is 0.553. The van der Waals surface area contributed by atoms with Crippen LogP contribution in [-0.2, 0) is 0 Å². The molecule has 0 N–H and O–H groups in total. The van der Waals surface area contributed by atoms with Gasteiger partial charge in [0.1, 0.15) is 5.82 Å². The molecule has 0 aliphatic carbocycles. The van der Waals surface area contributed by atoms with E-state index in [4.69, 9.17) is 11.6 Å². The van der Waals surface area contributed by atoms with Gasteiger partial charge in [0.25, 0.3) is 5.56 Å². The topological polar surface area (TPSA) is 47.3 Å². The van der Waals surface area contributed by atoms with Gasteiger partial charge in [-0.15, -0.1) is 5.10 Å². The SMILES string of the molecule is O=c1c(=Cc2ccc(Cl)cc2)sc2nc(-c3ccc(F)cc3)nn12. The molecule has 2 aromatic carbocycles. The molecule has 118 valence electrons. The first-order valence-corrected chi connectivity index (χ1v) is 8.22. The van der Waals surface area contributed by atoms with Gasteiger partial charge in [0.2, 0.25) is 4.96 Å². The molecule has 7 heteroatoms. The first-order chi connectivity index (χ1) is 11.6. The number of thiazole rings is 1. The van der Waals surface area contributed by atoms with Gasteiger partial charge in [-0.25, -0.2) is 4.39 Å². The lowest BCUT2D eigenvalue weighted by Crippen LogP contribution is -2.23. The van der Waals surface area contributed by atoms with Crippen LogP contribution >= 0.6 is 22.9 Å². The first-order valence-electron chi connectivity index (χ1n) is 7.03. The average molecular weight is 358 g/mol. The molecule has 0 radical (unpaired) electrons. The number of hydrogen-bond donors (Lipinski definition) is 0. The fraction of sp³-hybridized carbons (Fsp3) is 0. The van der Waals surface area contributed by atoms with Crippen molar-refractivity contribution in [1.82, 2.24) is 14.6 Å². The minimum atomic E-state index is -0.330. The number of aromatic nitrogens is 3. The molecule has 2 heterocycles. The Morgan fingerprint density at radius 1 is 1.08 bits per heavy atom. The predicted molar refractivity (Wildman–Crippen MR) is 92.8 cm³/mol. The van der Waals surface area contributed by atoms with Crippen molar-refractivity contribution in [3.05, 3.63) is 79.8 Å². The largest absolute Gasteiger partial charge is 0.291 e. The van der Waals surface area contributed by atoms with Gasteiger partial charge in [0.05, 0.1) is 4.53 Å². The van der Waals surface area contributed by atoms with E-state index >= 15 is 0 Å². The van der Waals surface area contributed by atoms with Crippen LogP contribution in [0, 0.1) is 5.82 Å². The first kappa shape index (κ1) is 15.0. The van der Waals surface area contributed by atoms with Crippen LogP contribution in [0.15, 0.2) is 53.3 Å². The Morgan fingerprint density at radius 3 is 2.46 bits per heavy atom. The summed E-state index contributed by atoms with van der Waals surface area (Å²) in [7, 11) is 0. The Balaban J connectivity index is 1.79. The van der Waals surface area contributed by atoms with Crippen molar-refractivity contribution in [2.24, 2.45) is 0 Å². The van der Waals surface area contributed by atoms with Crippen molar-refractivity contribution < 1.29 is 4.39 Å². The van der Waals surface area contributed by atoms with Gasteiger partial charge in [0.15, 0.2) is 5.82 Å². The highest BCUT2D eigenvalue weighted by molar-refractivity contribution is 7.15. The molecule has 0 spiro atoms. The van der Waals surface area contributed by atoms with Crippen molar-refractivity contribution in [2.45, 2.75) is 0 Å². The molecular weight excluding hydrogens is 349 g/mol. The van der Waals surface area contributed by atoms with Crippen LogP contribution in [0.2, 0.25) is 5.02 Å². The van der Waals surface area contributed by atoms with E-state index in [0.717, 1.165) is 5.56 Å². The van der Waals surface area contributed by atoms with Gasteiger partial charge in [0, 0.05) is 10.6 Å². The average Bonchev–Trinajstić information content (AvgIpc) is 3.11. The summed E-state index contributed by atoms with van der Waals surface area (Å²) in [5, 5.41) is 4.87. The van der Waals surface area contributed by atoms with Crippen molar-refractivity contribution in [3.8, 4) is 11.4 Å². The number of rotatable bonds is 2. The normalized spacial score (nSPS) is 12.2. The predicted octanol–water partition coefficient (Wildman–Crippen LogP) is 3.16. The smallest absolute Gasteiger partial charge is 0.266 e. The van der Waals surface area contributed by atoms with Gasteiger partial charge in [-0.1, -0.05) is 35.1 Å². The molecule has 0 aliphatic heterocycles. The summed E-state index contributed by atoms with van der Waals surface area (Å²) < 4.78 is 14.8. The lowest BCUT2D eigenvalue weighted by atomic mass is 10.2. The summed E-state index contributed by atoms with van der Waals surface area (Å²) in [6, 6.07) is 13.0. The highest BCUT2D eigenvalue weighted by atomic mass is 35.5. The van der Waals surface area contributed by atoms with Gasteiger partial charge < -0.3 is 0 Å². The molecule has 0 amide bonds. The Bertz CT molecular complexity index is 1130. The van der Waals surface area contributed by atoms with Crippen molar-refractivity contribution >= 4 is 34.0 Å². The third-order valence-electron chi connectivity index (χ3n) is 3.45. The minimum Gasteiger partial charge on any atom is -0.266 e. The zero-order chi connectivity index (χ0) is 16.7. The van der Waals surface area contributed by atoms with Crippen molar-refractivity contribution in [2.75, 3.05) is 0 Å². The zero-order valence-corrected chi connectivity index (χ0v) is 13.7. The monoisotopic (exact) mass is 357 g/mol. The fourth-order valence-electron chi connectivity index (χ4n) is 2.27. The van der Waals surface area contributed by atoms with Crippen LogP contribution in [0.4, 0.5) is 4.39 Å². The summed E-state index contributed by atoms with van der Waals surface area (Å²) in [5.41, 5.74) is 1.31. The molecule has 0 aliphatic rings. The van der Waals surface area contributed by atoms with E-state index in [1.165, 1.54) is 28.0 Å². The second-order valence-electron chi connectivity index (χ2n) is 5.10. The molecule has 4 rings (SSSR count). The molecule has 24 heavy (non-hydrogen) atoms. The Labute approximate surface area is 144 Å². The highest BCUT2D eigenvalue weighted by Crippen LogP contribution is 2.17. The molecule has 2 aromatic heterocycles. The lowest BCUT2D eigenvalue weighted by molar-refractivity contribution is 0.628. The van der Waals surface area contributed by atoms with E-state index in [-0.39, 0.29) is 11.4 Å². The number of benzene rings is 2. The van der Waals surface area contributed by atoms with Crippen LogP contribution in [-0.4, -0.2) is 14.6 Å². The van der Waals surface area contributed by atoms with Gasteiger partial charge in [-0.05, 0) is 48.0 Å². The maximum absolute atomic E-state index is 13.0. The van der Waals surface area contributed by atoms with Gasteiger partial charge in [-0.2, -0.15) is 9.50 Å². The fourth-order valence-corrected chi connectivity index (χ4v) is 3.30. The van der Waals surface area contributed by atoms with E-state index in [0.29, 0.717) is 25.9 Å². The molecule has 0 bridgehead atoms. The Kier molecular flexibility index (Phi) is 3.63. The number of fused-ring (bicyclic) bond motifs is 1. The zero-order valence-electron chi connectivity index (χ0n) is 12.1. The van der Waals surface area contributed by atoms with Gasteiger partial charge in [-0.3, -0.25) is 4.79 Å². The molecule has 0 atom stereocenters. The van der Waals surface area contributed by atoms with Crippen LogP contribution < -0.4 is 10.1 Å². The molecular formula is C17H9ClFN3OS. The van der Waals surface area contributed by atoms with Crippen LogP contribution in [0.5, 0.6) is 0 Å². The van der Waals surface area contributed by atoms with Crippen molar-refractivity contribution in [1.29, 1.82) is 0 Å². The maximum Gasteiger partial charge on any atom is 0.291 e. The summed E-state index contributed by atoms with van der Waals surface area (Å²) in [4.78, 5) is 17.3. The third-order valence-corrected chi connectivity index (χ3v) is 4.66. The van der Waals surface area contributed by atoms with E-state index in [2.05, 4.69) is 10.1 Å². The van der Waals surface area contributed by atoms with Gasteiger partial charge >= 0.3 is 0 Å². The maximum atomic E-state index is 13.0. The van der Waals surface area contributed by atoms with E-state index in [1.807, 2.05) is 12.1 Å². The van der Waals surface area contributed by atoms with Crippen LogP contribution in [0.3, 0.4) is 0 Å². The van der Waals surface area contributed by atoms with E-state index in [1.54, 1.807) is 30.3 Å². The second-order valence-corrected chi connectivity index (χ2v) is 6.55. The highest BCUT2D eigenvalue weighted by Gasteiger charge is 2.11. The minimum absolute atomic E-state index is 0.231. The molecule has 0 saturated heterocycles. The van der Waals surface area contributed by atoms with Crippen molar-refractivity contribution in [3.63, 3.8) is 0 Å². The number of halogens is 2. The molecule has 0 saturated carbocycles. The molecule has 0 unspecified atom stereocenters. The van der Waals surface area contributed by atoms with Crippen LogP contribution in [0.1, 0.15) is 5.56 Å². The summed E-state index contributed by atoms with van der Waals surface area (Å²) >= 11 is 7.11. The van der Waals surface area contributed by atoms with E-state index in [9.17, 15) is 9.18 Å². The lowest BCUT2D eigenvalue weighted by Gasteiger charge is -1.93. The Morgan fingerprint density at radius 2 is 1.79 bits per heavy atom. The number of hydrogen-bond acceptors (Lipinski definition) is 4. The standard InChI is InChI=1S/C17H9ClFN3OS/c18-12-5-1-10(2-6-12)9-14-16(23)22-17(24-14)20-15(21-22)11-3-7-13(19)8-4-11/h1-9H. The summed E-state index contributed by atoms with van der Waals surface area (Å²) in [6.45, 7) is 0. The Hall–Kier alpha value is -2.57. The van der Waals surface area contributed by atoms with E-state index < -0.39 is 0 Å². The van der Waals surface area contributed by atoms with Crippen LogP contribution in [0.25, 0.3) is 22.4 Å².